The highest BCUT2D eigenvalue weighted by Crippen LogP contribution is 2.57. The maximum absolute atomic E-state index is 12.4. The van der Waals surface area contributed by atoms with Gasteiger partial charge in [0.15, 0.2) is 9.84 Å². The van der Waals surface area contributed by atoms with Crippen LogP contribution in [0.4, 0.5) is 0 Å². The molecule has 2 unspecified atom stereocenters. The topological polar surface area (TPSA) is 69.7 Å². The minimum atomic E-state index is -3.88. The van der Waals surface area contributed by atoms with Gasteiger partial charge in [0.1, 0.15) is 0 Å². The van der Waals surface area contributed by atoms with Crippen LogP contribution in [-0.2, 0) is 23.4 Å². The summed E-state index contributed by atoms with van der Waals surface area (Å²) in [4.78, 5) is 0. The zero-order chi connectivity index (χ0) is 14.5. The van der Waals surface area contributed by atoms with Gasteiger partial charge in [-0.2, -0.15) is 0 Å². The van der Waals surface area contributed by atoms with Gasteiger partial charge in [0.25, 0.3) is 0 Å². The number of hydrogen-bond donors (Lipinski definition) is 0. The average Bonchev–Trinajstić information content (AvgIpc) is 2.39. The van der Waals surface area contributed by atoms with Crippen LogP contribution in [0.25, 0.3) is 0 Å². The van der Waals surface area contributed by atoms with Crippen molar-refractivity contribution in [2.24, 2.45) is 0 Å². The van der Waals surface area contributed by atoms with Crippen molar-refractivity contribution in [1.82, 2.24) is 0 Å². The first-order valence-corrected chi connectivity index (χ1v) is 9.63. The van der Waals surface area contributed by atoms with Crippen LogP contribution in [0.2, 0.25) is 0 Å². The summed E-state index contributed by atoms with van der Waals surface area (Å²) in [6.45, 7) is 3.34. The molecule has 0 radical (unpaired) electrons. The van der Waals surface area contributed by atoms with Gasteiger partial charge in [-0.05, 0) is 20.3 Å². The minimum absolute atomic E-state index is 0.0659. The molecule has 0 bridgehead atoms. The summed E-state index contributed by atoms with van der Waals surface area (Å²) >= 11 is 5.91. The van der Waals surface area contributed by atoms with Crippen LogP contribution in [0.15, 0.2) is 24.3 Å². The fourth-order valence-corrected chi connectivity index (χ4v) is 6.65. The van der Waals surface area contributed by atoms with Gasteiger partial charge in [-0.25, -0.2) is 8.42 Å². The Bertz CT molecular complexity index is 489. The van der Waals surface area contributed by atoms with Gasteiger partial charge in [-0.15, -0.1) is 0 Å². The van der Waals surface area contributed by atoms with Crippen molar-refractivity contribution in [1.29, 1.82) is 0 Å². The molecule has 0 aliphatic heterocycles. The number of rotatable bonds is 7. The number of alkyl halides is 1. The fraction of sp³-hybridized carbons (Fsp3) is 0.636. The molecule has 5 nitrogen and oxygen atoms in total. The van der Waals surface area contributed by atoms with Crippen LogP contribution in [0.1, 0.15) is 20.3 Å². The number of sulfone groups is 1. The lowest BCUT2D eigenvalue weighted by molar-refractivity contribution is 0.222. The highest BCUT2D eigenvalue weighted by molar-refractivity contribution is 8.01. The van der Waals surface area contributed by atoms with Crippen LogP contribution in [0.3, 0.4) is 0 Å². The van der Waals surface area contributed by atoms with Crippen molar-refractivity contribution in [2.75, 3.05) is 13.2 Å². The molecule has 0 saturated carbocycles. The van der Waals surface area contributed by atoms with Crippen molar-refractivity contribution >= 4 is 29.0 Å². The van der Waals surface area contributed by atoms with Gasteiger partial charge in [0.05, 0.1) is 18.5 Å². The second-order valence-electron chi connectivity index (χ2n) is 3.84. The van der Waals surface area contributed by atoms with E-state index in [2.05, 4.69) is 0 Å². The molecule has 0 spiro atoms. The molecule has 1 aliphatic carbocycles. The largest absolute Gasteiger partial charge is 0.363 e. The van der Waals surface area contributed by atoms with E-state index in [1.807, 2.05) is 0 Å². The number of hydrogen-bond acceptors (Lipinski definition) is 5. The first-order chi connectivity index (χ1) is 8.88. The normalized spacial score (nSPS) is 21.5. The van der Waals surface area contributed by atoms with E-state index in [0.29, 0.717) is 6.42 Å². The van der Waals surface area contributed by atoms with Crippen molar-refractivity contribution < 1.29 is 22.0 Å². The molecule has 110 valence electrons. The summed E-state index contributed by atoms with van der Waals surface area (Å²) in [5.41, 5.74) is 0. The minimum Gasteiger partial charge on any atom is -0.307 e. The molecule has 0 amide bonds. The Balaban J connectivity index is 3.01. The van der Waals surface area contributed by atoms with Crippen LogP contribution in [-0.4, -0.2) is 31.3 Å². The van der Waals surface area contributed by atoms with E-state index in [0.717, 1.165) is 0 Å². The fourth-order valence-electron chi connectivity index (χ4n) is 1.64. The summed E-state index contributed by atoms with van der Waals surface area (Å²) < 4.78 is 45.4. The molecule has 0 fully saturated rings. The van der Waals surface area contributed by atoms with E-state index in [1.54, 1.807) is 32.1 Å². The molecule has 0 aromatic carbocycles. The van der Waals surface area contributed by atoms with Gasteiger partial charge in [0, 0.05) is 0 Å². The Morgan fingerprint density at radius 1 is 1.32 bits per heavy atom. The van der Waals surface area contributed by atoms with E-state index in [1.165, 1.54) is 6.08 Å². The molecule has 0 aromatic heterocycles. The second kappa shape index (κ2) is 7.04. The van der Waals surface area contributed by atoms with E-state index in [-0.39, 0.29) is 13.2 Å². The van der Waals surface area contributed by atoms with E-state index >= 15 is 0 Å². The molecule has 19 heavy (non-hydrogen) atoms. The van der Waals surface area contributed by atoms with Gasteiger partial charge >= 0.3 is 7.60 Å². The Morgan fingerprint density at radius 3 is 2.32 bits per heavy atom. The summed E-state index contributed by atoms with van der Waals surface area (Å²) in [6, 6.07) is 0. The highest BCUT2D eigenvalue weighted by atomic mass is 35.5. The third-order valence-electron chi connectivity index (χ3n) is 2.50. The Morgan fingerprint density at radius 2 is 1.89 bits per heavy atom. The molecule has 0 N–H and O–H groups in total. The third-order valence-corrected chi connectivity index (χ3v) is 9.09. The smallest absolute Gasteiger partial charge is 0.307 e. The van der Waals surface area contributed by atoms with Crippen LogP contribution in [0, 0.1) is 0 Å². The molecule has 1 aliphatic rings. The maximum Gasteiger partial charge on any atom is 0.363 e. The lowest BCUT2D eigenvalue weighted by Gasteiger charge is -2.24. The SMILES string of the molecule is CCOP(=O)(OCC)C(Cl)S(=O)(=O)C1C=CC=CC1. The summed E-state index contributed by atoms with van der Waals surface area (Å²) in [6.07, 6.45) is 6.92. The first kappa shape index (κ1) is 16.9. The first-order valence-electron chi connectivity index (χ1n) is 5.97. The molecule has 1 rings (SSSR count). The molecule has 0 heterocycles. The molecule has 2 atom stereocenters. The zero-order valence-electron chi connectivity index (χ0n) is 10.9. The number of allylic oxidation sites excluding steroid dienone is 3. The standard InChI is InChI=1S/C11H18ClO5PS/c1-3-16-18(13,17-4-2)11(12)19(14,15)10-8-6-5-7-9-10/h5-8,10-11H,3-4,9H2,1-2H3. The molecule has 0 saturated heterocycles. The molecule has 0 aromatic rings. The monoisotopic (exact) mass is 328 g/mol. The van der Waals surface area contributed by atoms with Crippen molar-refractivity contribution in [2.45, 2.75) is 30.0 Å². The number of halogens is 1. The molecular formula is C11H18ClO5PS. The molecular weight excluding hydrogens is 311 g/mol. The second-order valence-corrected chi connectivity index (χ2v) is 9.56. The van der Waals surface area contributed by atoms with Crippen molar-refractivity contribution in [3.8, 4) is 0 Å². The quantitative estimate of drug-likeness (QED) is 0.530. The summed E-state index contributed by atoms with van der Waals surface area (Å²) in [5.74, 6) is 0. The van der Waals surface area contributed by atoms with Crippen LogP contribution < -0.4 is 0 Å². The van der Waals surface area contributed by atoms with Gasteiger partial charge in [0.2, 0.25) is 4.45 Å². The Kier molecular flexibility index (Phi) is 6.27. The highest BCUT2D eigenvalue weighted by Gasteiger charge is 2.46. The van der Waals surface area contributed by atoms with E-state index in [9.17, 15) is 13.0 Å². The maximum atomic E-state index is 12.4. The summed E-state index contributed by atoms with van der Waals surface area (Å²) in [5, 5.41) is -0.797. The van der Waals surface area contributed by atoms with Crippen LogP contribution in [0.5, 0.6) is 0 Å². The third kappa shape index (κ3) is 3.92. The Labute approximate surface area is 119 Å². The van der Waals surface area contributed by atoms with Crippen LogP contribution >= 0.6 is 19.2 Å². The predicted octanol–water partition coefficient (Wildman–Crippen LogP) is 3.07. The Hall–Kier alpha value is -0.130. The van der Waals surface area contributed by atoms with Gasteiger partial charge < -0.3 is 9.05 Å². The summed E-state index contributed by atoms with van der Waals surface area (Å²) in [7, 11) is -7.73. The average molecular weight is 329 g/mol. The van der Waals surface area contributed by atoms with Gasteiger partial charge in [-0.1, -0.05) is 35.9 Å². The lowest BCUT2D eigenvalue weighted by Crippen LogP contribution is -2.29. The lowest BCUT2D eigenvalue weighted by atomic mass is 10.2. The van der Waals surface area contributed by atoms with Gasteiger partial charge in [-0.3, -0.25) is 4.57 Å². The van der Waals surface area contributed by atoms with E-state index in [4.69, 9.17) is 20.6 Å². The molecule has 8 heteroatoms. The predicted molar refractivity (Wildman–Crippen MR) is 76.1 cm³/mol. The van der Waals surface area contributed by atoms with Crippen molar-refractivity contribution in [3.05, 3.63) is 24.3 Å². The van der Waals surface area contributed by atoms with Crippen molar-refractivity contribution in [3.63, 3.8) is 0 Å². The van der Waals surface area contributed by atoms with E-state index < -0.39 is 27.1 Å². The zero-order valence-corrected chi connectivity index (χ0v) is 13.3.